The van der Waals surface area contributed by atoms with Gasteiger partial charge in [0.2, 0.25) is 0 Å². The Morgan fingerprint density at radius 1 is 1.04 bits per heavy atom. The first-order valence-electron chi connectivity index (χ1n) is 8.44. The summed E-state index contributed by atoms with van der Waals surface area (Å²) in [4.78, 5) is 9.00. The normalized spacial score (nSPS) is 21.7. The van der Waals surface area contributed by atoms with Crippen molar-refractivity contribution in [2.75, 3.05) is 20.3 Å². The van der Waals surface area contributed by atoms with E-state index in [-0.39, 0.29) is 0 Å². The molecule has 0 bridgehead atoms. The Kier molecular flexibility index (Phi) is 5.46. The van der Waals surface area contributed by atoms with E-state index >= 15 is 0 Å². The average Bonchev–Trinajstić information content (AvgIpc) is 3.22. The van der Waals surface area contributed by atoms with Crippen molar-refractivity contribution >= 4 is 0 Å². The Labute approximate surface area is 137 Å². The molecule has 0 aliphatic heterocycles. The van der Waals surface area contributed by atoms with Crippen LogP contribution in [0.15, 0.2) is 24.8 Å². The molecule has 126 valence electrons. The highest BCUT2D eigenvalue weighted by Gasteiger charge is 2.22. The van der Waals surface area contributed by atoms with E-state index in [1.807, 2.05) is 24.8 Å². The van der Waals surface area contributed by atoms with Crippen LogP contribution in [-0.4, -0.2) is 44.5 Å². The van der Waals surface area contributed by atoms with E-state index in [0.29, 0.717) is 25.0 Å². The van der Waals surface area contributed by atoms with E-state index in [9.17, 15) is 5.11 Å². The summed E-state index contributed by atoms with van der Waals surface area (Å²) in [6.07, 6.45) is 12.3. The van der Waals surface area contributed by atoms with Gasteiger partial charge in [0.15, 0.2) is 11.6 Å². The molecule has 2 heterocycles. The Morgan fingerprint density at radius 3 is 2.30 bits per heavy atom. The van der Waals surface area contributed by atoms with Crippen LogP contribution in [-0.2, 0) is 17.8 Å². The molecule has 0 aromatic carbocycles. The molecule has 0 radical (unpaired) electrons. The third kappa shape index (κ3) is 3.82. The van der Waals surface area contributed by atoms with Crippen LogP contribution in [0.1, 0.15) is 25.7 Å². The lowest BCUT2D eigenvalue weighted by Gasteiger charge is -2.27. The van der Waals surface area contributed by atoms with Crippen molar-refractivity contribution in [2.45, 2.75) is 38.8 Å². The fraction of sp³-hybridized carbons (Fsp3) is 0.647. The molecule has 1 aliphatic rings. The van der Waals surface area contributed by atoms with Gasteiger partial charge in [0.1, 0.15) is 0 Å². The first-order chi connectivity index (χ1) is 11.3. The summed E-state index contributed by atoms with van der Waals surface area (Å²) >= 11 is 0. The number of rotatable bonds is 7. The van der Waals surface area contributed by atoms with Crippen molar-refractivity contribution in [1.82, 2.24) is 19.1 Å². The number of hydrogen-bond donors (Lipinski definition) is 1. The number of imidazole rings is 2. The summed E-state index contributed by atoms with van der Waals surface area (Å²) in [6.45, 7) is 2.75. The van der Waals surface area contributed by atoms with Crippen LogP contribution in [0, 0.1) is 11.8 Å². The van der Waals surface area contributed by atoms with Gasteiger partial charge in [-0.2, -0.15) is 0 Å². The maximum Gasteiger partial charge on any atom is 0.176 e. The molecule has 2 aromatic heterocycles. The van der Waals surface area contributed by atoms with Crippen LogP contribution >= 0.6 is 0 Å². The van der Waals surface area contributed by atoms with E-state index in [1.54, 1.807) is 7.11 Å². The summed E-state index contributed by atoms with van der Waals surface area (Å²) in [5.41, 5.74) is 0. The smallest absolute Gasteiger partial charge is 0.176 e. The summed E-state index contributed by atoms with van der Waals surface area (Å²) in [7, 11) is 1.71. The van der Waals surface area contributed by atoms with Crippen LogP contribution in [0.2, 0.25) is 0 Å². The van der Waals surface area contributed by atoms with Gasteiger partial charge in [0.25, 0.3) is 0 Å². The van der Waals surface area contributed by atoms with Crippen molar-refractivity contribution in [3.05, 3.63) is 24.8 Å². The third-order valence-electron chi connectivity index (χ3n) is 4.85. The lowest BCUT2D eigenvalue weighted by atomic mass is 9.82. The molecular weight excluding hydrogens is 292 g/mol. The Balaban J connectivity index is 1.69. The molecule has 0 unspecified atom stereocenters. The minimum atomic E-state index is 0.333. The Morgan fingerprint density at radius 2 is 1.65 bits per heavy atom. The summed E-state index contributed by atoms with van der Waals surface area (Å²) in [5.74, 6) is 2.99. The fourth-order valence-corrected chi connectivity index (χ4v) is 3.42. The molecule has 23 heavy (non-hydrogen) atoms. The highest BCUT2D eigenvalue weighted by atomic mass is 16.5. The van der Waals surface area contributed by atoms with E-state index in [4.69, 9.17) is 4.74 Å². The van der Waals surface area contributed by atoms with E-state index in [1.165, 1.54) is 12.8 Å². The van der Waals surface area contributed by atoms with Gasteiger partial charge in [-0.1, -0.05) is 0 Å². The largest absolute Gasteiger partial charge is 0.396 e. The van der Waals surface area contributed by atoms with E-state index in [2.05, 4.69) is 19.1 Å². The number of aromatic nitrogens is 4. The molecule has 6 heteroatoms. The quantitative estimate of drug-likeness (QED) is 0.850. The SMILES string of the molecule is COCCn1ccnc1-c1nccn1CC1CCC(CO)CC1. The van der Waals surface area contributed by atoms with Crippen LogP contribution in [0.3, 0.4) is 0 Å². The fourth-order valence-electron chi connectivity index (χ4n) is 3.42. The third-order valence-corrected chi connectivity index (χ3v) is 4.85. The molecular formula is C17H26N4O2. The lowest BCUT2D eigenvalue weighted by Crippen LogP contribution is -2.21. The minimum Gasteiger partial charge on any atom is -0.396 e. The second-order valence-electron chi connectivity index (χ2n) is 6.41. The molecule has 1 fully saturated rings. The van der Waals surface area contributed by atoms with Crippen LogP contribution in [0.5, 0.6) is 0 Å². The Bertz CT molecular complexity index is 599. The van der Waals surface area contributed by atoms with Crippen molar-refractivity contribution in [3.63, 3.8) is 0 Å². The molecule has 0 atom stereocenters. The van der Waals surface area contributed by atoms with Gasteiger partial charge in [-0.3, -0.25) is 0 Å². The number of aliphatic hydroxyl groups excluding tert-OH is 1. The number of methoxy groups -OCH3 is 1. The number of hydrogen-bond acceptors (Lipinski definition) is 4. The molecule has 1 aliphatic carbocycles. The van der Waals surface area contributed by atoms with Crippen molar-refractivity contribution in [1.29, 1.82) is 0 Å². The topological polar surface area (TPSA) is 65.1 Å². The second kappa shape index (κ2) is 7.75. The van der Waals surface area contributed by atoms with Crippen LogP contribution in [0.4, 0.5) is 0 Å². The first kappa shape index (κ1) is 16.2. The van der Waals surface area contributed by atoms with Gasteiger partial charge < -0.3 is 19.0 Å². The molecule has 1 N–H and O–H groups in total. The molecule has 6 nitrogen and oxygen atoms in total. The van der Waals surface area contributed by atoms with Gasteiger partial charge in [-0.05, 0) is 37.5 Å². The zero-order chi connectivity index (χ0) is 16.1. The average molecular weight is 318 g/mol. The van der Waals surface area contributed by atoms with E-state index < -0.39 is 0 Å². The van der Waals surface area contributed by atoms with E-state index in [0.717, 1.165) is 37.6 Å². The summed E-state index contributed by atoms with van der Waals surface area (Å²) in [6, 6.07) is 0. The van der Waals surface area contributed by atoms with Crippen molar-refractivity contribution in [2.24, 2.45) is 11.8 Å². The summed E-state index contributed by atoms with van der Waals surface area (Å²) in [5, 5.41) is 9.27. The predicted octanol–water partition coefficient (Wildman–Crippen LogP) is 2.19. The van der Waals surface area contributed by atoms with Gasteiger partial charge >= 0.3 is 0 Å². The van der Waals surface area contributed by atoms with Crippen molar-refractivity contribution < 1.29 is 9.84 Å². The molecule has 0 saturated heterocycles. The molecule has 3 rings (SSSR count). The van der Waals surface area contributed by atoms with Gasteiger partial charge in [0, 0.05) is 51.6 Å². The maximum absolute atomic E-state index is 9.27. The highest BCUT2D eigenvalue weighted by molar-refractivity contribution is 5.44. The van der Waals surface area contributed by atoms with Crippen molar-refractivity contribution in [3.8, 4) is 11.6 Å². The Hall–Kier alpha value is -1.66. The maximum atomic E-state index is 9.27. The first-order valence-corrected chi connectivity index (χ1v) is 8.44. The predicted molar refractivity (Wildman–Crippen MR) is 87.9 cm³/mol. The van der Waals surface area contributed by atoms with Crippen LogP contribution < -0.4 is 0 Å². The number of ether oxygens (including phenoxy) is 1. The molecule has 0 spiro atoms. The number of aliphatic hydroxyl groups is 1. The lowest BCUT2D eigenvalue weighted by molar-refractivity contribution is 0.161. The van der Waals surface area contributed by atoms with Gasteiger partial charge in [-0.25, -0.2) is 9.97 Å². The van der Waals surface area contributed by atoms with Gasteiger partial charge in [0.05, 0.1) is 6.61 Å². The van der Waals surface area contributed by atoms with Crippen LogP contribution in [0.25, 0.3) is 11.6 Å². The molecule has 2 aromatic rings. The number of nitrogens with zero attached hydrogens (tertiary/aromatic N) is 4. The molecule has 1 saturated carbocycles. The molecule has 0 amide bonds. The monoisotopic (exact) mass is 318 g/mol. The highest BCUT2D eigenvalue weighted by Crippen LogP contribution is 2.30. The summed E-state index contributed by atoms with van der Waals surface area (Å²) < 4.78 is 9.47. The van der Waals surface area contributed by atoms with Gasteiger partial charge in [-0.15, -0.1) is 0 Å². The zero-order valence-corrected chi connectivity index (χ0v) is 13.8. The second-order valence-corrected chi connectivity index (χ2v) is 6.41. The zero-order valence-electron chi connectivity index (χ0n) is 13.8. The minimum absolute atomic E-state index is 0.333. The standard InChI is InChI=1S/C17H26N4O2/c1-23-11-10-20-8-6-18-16(20)17-19-7-9-21(17)12-14-2-4-15(13-22)5-3-14/h6-9,14-15,22H,2-5,10-13H2,1H3.